The van der Waals surface area contributed by atoms with E-state index in [0.717, 1.165) is 48.5 Å². The average Bonchev–Trinajstić information content (AvgIpc) is 3.32. The summed E-state index contributed by atoms with van der Waals surface area (Å²) in [7, 11) is 0. The number of hydrogen-bond acceptors (Lipinski definition) is 5. The molecule has 0 aliphatic heterocycles. The number of unbranched alkanes of at least 4 members (excludes halogenated alkanes) is 1. The number of hydrogen-bond donors (Lipinski definition) is 1. The second-order valence-electron chi connectivity index (χ2n) is 5.79. The van der Waals surface area contributed by atoms with Crippen molar-refractivity contribution in [2.45, 2.75) is 19.4 Å². The van der Waals surface area contributed by atoms with Gasteiger partial charge in [0, 0.05) is 25.5 Å². The van der Waals surface area contributed by atoms with Crippen molar-refractivity contribution in [1.82, 2.24) is 29.3 Å². The molecule has 25 heavy (non-hydrogen) atoms. The summed E-state index contributed by atoms with van der Waals surface area (Å²) < 4.78 is 3.92. The van der Waals surface area contributed by atoms with E-state index in [-0.39, 0.29) is 0 Å². The van der Waals surface area contributed by atoms with Crippen LogP contribution in [0.2, 0.25) is 0 Å². The van der Waals surface area contributed by atoms with Crippen LogP contribution in [0.4, 0.5) is 5.82 Å². The molecule has 0 atom stereocenters. The maximum absolute atomic E-state index is 4.47. The first-order chi connectivity index (χ1) is 12.4. The minimum Gasteiger partial charge on any atom is -0.369 e. The van der Waals surface area contributed by atoms with Gasteiger partial charge in [0.15, 0.2) is 5.65 Å². The number of aromatic nitrogens is 6. The van der Waals surface area contributed by atoms with Crippen molar-refractivity contribution in [3.63, 3.8) is 0 Å². The van der Waals surface area contributed by atoms with Crippen molar-refractivity contribution in [2.24, 2.45) is 0 Å². The second kappa shape index (κ2) is 7.12. The Balaban J connectivity index is 1.43. The van der Waals surface area contributed by atoms with E-state index in [4.69, 9.17) is 0 Å². The van der Waals surface area contributed by atoms with Crippen molar-refractivity contribution >= 4 is 16.9 Å². The molecule has 3 aromatic heterocycles. The zero-order valence-corrected chi connectivity index (χ0v) is 13.8. The number of fused-ring (bicyclic) bond motifs is 1. The smallest absolute Gasteiger partial charge is 0.168 e. The fraction of sp³-hybridized carbons (Fsp3) is 0.222. The largest absolute Gasteiger partial charge is 0.369 e. The van der Waals surface area contributed by atoms with Gasteiger partial charge in [-0.15, -0.1) is 0 Å². The fourth-order valence-corrected chi connectivity index (χ4v) is 2.79. The number of rotatable bonds is 7. The van der Waals surface area contributed by atoms with Crippen LogP contribution in [-0.4, -0.2) is 35.8 Å². The number of anilines is 1. The lowest BCUT2D eigenvalue weighted by molar-refractivity contribution is 0.621. The Morgan fingerprint density at radius 3 is 2.80 bits per heavy atom. The van der Waals surface area contributed by atoms with Crippen LogP contribution in [0.3, 0.4) is 0 Å². The molecule has 1 N–H and O–H groups in total. The van der Waals surface area contributed by atoms with E-state index >= 15 is 0 Å². The number of nitrogens with zero attached hydrogens (tertiary/aromatic N) is 6. The number of imidazole rings is 1. The lowest BCUT2D eigenvalue weighted by Gasteiger charge is -2.07. The highest BCUT2D eigenvalue weighted by atomic mass is 15.3. The molecule has 0 amide bonds. The summed E-state index contributed by atoms with van der Waals surface area (Å²) in [6.45, 7) is 1.84. The molecule has 0 aliphatic carbocycles. The average molecular weight is 333 g/mol. The lowest BCUT2D eigenvalue weighted by atomic mass is 10.3. The van der Waals surface area contributed by atoms with Crippen LogP contribution in [-0.2, 0) is 6.54 Å². The summed E-state index contributed by atoms with van der Waals surface area (Å²) in [5, 5.41) is 8.80. The summed E-state index contributed by atoms with van der Waals surface area (Å²) in [6, 6.07) is 9.99. The Morgan fingerprint density at radius 1 is 1.04 bits per heavy atom. The molecule has 0 fully saturated rings. The van der Waals surface area contributed by atoms with Crippen LogP contribution in [0.15, 0.2) is 61.6 Å². The zero-order valence-electron chi connectivity index (χ0n) is 13.8. The number of benzene rings is 1. The van der Waals surface area contributed by atoms with E-state index < -0.39 is 0 Å². The minimum absolute atomic E-state index is 0.808. The topological polar surface area (TPSA) is 73.5 Å². The van der Waals surface area contributed by atoms with E-state index in [0.29, 0.717) is 0 Å². The van der Waals surface area contributed by atoms with Crippen LogP contribution < -0.4 is 5.32 Å². The van der Waals surface area contributed by atoms with E-state index in [2.05, 4.69) is 29.9 Å². The van der Waals surface area contributed by atoms with Crippen molar-refractivity contribution < 1.29 is 0 Å². The molecule has 4 rings (SSSR count). The number of nitrogens with one attached hydrogen (secondary N) is 1. The highest BCUT2D eigenvalue weighted by molar-refractivity contribution is 5.87. The van der Waals surface area contributed by atoms with Crippen LogP contribution in [0.1, 0.15) is 12.8 Å². The first kappa shape index (κ1) is 15.3. The molecule has 0 saturated carbocycles. The third kappa shape index (κ3) is 3.35. The van der Waals surface area contributed by atoms with Gasteiger partial charge in [-0.25, -0.2) is 19.6 Å². The standard InChI is InChI=1S/C18H19N7/c1-2-6-15(7-3-1)25-18-16(12-23-25)17(21-13-22-18)20-8-4-5-10-24-11-9-19-14-24/h1-3,6-7,9,11-14H,4-5,8,10H2,(H,20,21,22). The maximum atomic E-state index is 4.47. The monoisotopic (exact) mass is 333 g/mol. The van der Waals surface area contributed by atoms with Crippen molar-refractivity contribution in [2.75, 3.05) is 11.9 Å². The van der Waals surface area contributed by atoms with Gasteiger partial charge in [-0.1, -0.05) is 18.2 Å². The first-order valence-electron chi connectivity index (χ1n) is 8.35. The molecule has 7 nitrogen and oxygen atoms in total. The van der Waals surface area contributed by atoms with Gasteiger partial charge in [0.2, 0.25) is 0 Å². The molecule has 0 bridgehead atoms. The number of para-hydroxylation sites is 1. The molecule has 0 radical (unpaired) electrons. The van der Waals surface area contributed by atoms with Gasteiger partial charge < -0.3 is 9.88 Å². The fourth-order valence-electron chi connectivity index (χ4n) is 2.79. The third-order valence-corrected chi connectivity index (χ3v) is 4.06. The van der Waals surface area contributed by atoms with Crippen molar-refractivity contribution in [3.8, 4) is 5.69 Å². The lowest BCUT2D eigenvalue weighted by Crippen LogP contribution is -2.06. The van der Waals surface area contributed by atoms with Gasteiger partial charge >= 0.3 is 0 Å². The summed E-state index contributed by atoms with van der Waals surface area (Å²) >= 11 is 0. The highest BCUT2D eigenvalue weighted by Crippen LogP contribution is 2.21. The molecule has 0 unspecified atom stereocenters. The molecule has 3 heterocycles. The van der Waals surface area contributed by atoms with Gasteiger partial charge in [-0.2, -0.15) is 5.10 Å². The van der Waals surface area contributed by atoms with E-state index in [1.54, 1.807) is 12.5 Å². The molecule has 0 spiro atoms. The van der Waals surface area contributed by atoms with Crippen LogP contribution >= 0.6 is 0 Å². The van der Waals surface area contributed by atoms with Crippen molar-refractivity contribution in [3.05, 3.63) is 61.6 Å². The Hall–Kier alpha value is -3.22. The molecule has 0 aliphatic rings. The predicted molar refractivity (Wildman–Crippen MR) is 96.6 cm³/mol. The summed E-state index contributed by atoms with van der Waals surface area (Å²) in [5.74, 6) is 0.829. The van der Waals surface area contributed by atoms with Gasteiger partial charge in [0.05, 0.1) is 23.6 Å². The van der Waals surface area contributed by atoms with Gasteiger partial charge in [0.1, 0.15) is 12.1 Å². The van der Waals surface area contributed by atoms with Crippen LogP contribution in [0.5, 0.6) is 0 Å². The molecule has 4 aromatic rings. The highest BCUT2D eigenvalue weighted by Gasteiger charge is 2.10. The molecule has 7 heteroatoms. The molecule has 0 saturated heterocycles. The summed E-state index contributed by atoms with van der Waals surface area (Å²) in [6.07, 6.45) is 11.2. The normalized spacial score (nSPS) is 11.0. The van der Waals surface area contributed by atoms with E-state index in [1.807, 2.05) is 53.7 Å². The summed E-state index contributed by atoms with van der Waals surface area (Å²) in [4.78, 5) is 12.8. The third-order valence-electron chi connectivity index (χ3n) is 4.06. The Morgan fingerprint density at radius 2 is 1.96 bits per heavy atom. The Bertz CT molecular complexity index is 929. The Labute approximate surface area is 145 Å². The molecule has 126 valence electrons. The van der Waals surface area contributed by atoms with Gasteiger partial charge in [-0.05, 0) is 25.0 Å². The predicted octanol–water partition coefficient (Wildman–Crippen LogP) is 2.90. The maximum Gasteiger partial charge on any atom is 0.168 e. The quantitative estimate of drug-likeness (QED) is 0.526. The SMILES string of the molecule is c1ccc(-n2ncc3c(NCCCCn4ccnc4)ncnc32)cc1. The summed E-state index contributed by atoms with van der Waals surface area (Å²) in [5.41, 5.74) is 1.80. The van der Waals surface area contributed by atoms with E-state index in [9.17, 15) is 0 Å². The van der Waals surface area contributed by atoms with Crippen LogP contribution in [0, 0.1) is 0 Å². The van der Waals surface area contributed by atoms with E-state index in [1.165, 1.54) is 0 Å². The molecular formula is C18H19N7. The minimum atomic E-state index is 0.808. The van der Waals surface area contributed by atoms with Gasteiger partial charge in [0.25, 0.3) is 0 Å². The molecule has 1 aromatic carbocycles. The van der Waals surface area contributed by atoms with Gasteiger partial charge in [-0.3, -0.25) is 0 Å². The van der Waals surface area contributed by atoms with Crippen LogP contribution in [0.25, 0.3) is 16.7 Å². The number of aryl methyl sites for hydroxylation is 1. The zero-order chi connectivity index (χ0) is 16.9. The first-order valence-corrected chi connectivity index (χ1v) is 8.35. The second-order valence-corrected chi connectivity index (χ2v) is 5.79. The Kier molecular flexibility index (Phi) is 4.37. The molecular weight excluding hydrogens is 314 g/mol. The van der Waals surface area contributed by atoms with Crippen molar-refractivity contribution in [1.29, 1.82) is 0 Å².